The Morgan fingerprint density at radius 3 is 2.45 bits per heavy atom. The van der Waals surface area contributed by atoms with Crippen molar-refractivity contribution in [2.24, 2.45) is 0 Å². The first-order valence-electron chi connectivity index (χ1n) is 6.29. The van der Waals surface area contributed by atoms with Gasteiger partial charge in [0.25, 0.3) is 0 Å². The van der Waals surface area contributed by atoms with E-state index in [1.807, 2.05) is 33.8 Å². The van der Waals surface area contributed by atoms with Gasteiger partial charge in [-0.15, -0.1) is 0 Å². The SMILES string of the molecule is Cc1ccc(NCC(=O)NC(=O)NC(C)(C)C)c(Cl)c1. The molecule has 0 spiro atoms. The van der Waals surface area contributed by atoms with Crippen LogP contribution in [0.15, 0.2) is 18.2 Å². The molecule has 0 aliphatic heterocycles. The zero-order chi connectivity index (χ0) is 15.3. The number of imide groups is 1. The van der Waals surface area contributed by atoms with E-state index in [0.29, 0.717) is 10.7 Å². The molecule has 0 aliphatic carbocycles. The van der Waals surface area contributed by atoms with Gasteiger partial charge in [-0.1, -0.05) is 17.7 Å². The van der Waals surface area contributed by atoms with Crippen LogP contribution in [0, 0.1) is 6.92 Å². The number of aryl methyl sites for hydroxylation is 1. The monoisotopic (exact) mass is 297 g/mol. The highest BCUT2D eigenvalue weighted by molar-refractivity contribution is 6.33. The van der Waals surface area contributed by atoms with E-state index in [-0.39, 0.29) is 6.54 Å². The maximum absolute atomic E-state index is 11.6. The molecule has 0 fully saturated rings. The molecule has 0 aromatic heterocycles. The van der Waals surface area contributed by atoms with E-state index in [0.717, 1.165) is 5.56 Å². The van der Waals surface area contributed by atoms with Crippen LogP contribution in [0.5, 0.6) is 0 Å². The largest absolute Gasteiger partial charge is 0.375 e. The third-order valence-electron chi connectivity index (χ3n) is 2.31. The van der Waals surface area contributed by atoms with E-state index in [9.17, 15) is 9.59 Å². The lowest BCUT2D eigenvalue weighted by Crippen LogP contribution is -2.49. The molecule has 0 atom stereocenters. The van der Waals surface area contributed by atoms with Crippen LogP contribution in [-0.2, 0) is 4.79 Å². The van der Waals surface area contributed by atoms with Crippen LogP contribution in [0.1, 0.15) is 26.3 Å². The third kappa shape index (κ3) is 5.93. The average Bonchev–Trinajstić information content (AvgIpc) is 2.24. The summed E-state index contributed by atoms with van der Waals surface area (Å²) in [6.45, 7) is 7.41. The fourth-order valence-electron chi connectivity index (χ4n) is 1.48. The molecule has 3 N–H and O–H groups in total. The van der Waals surface area contributed by atoms with Gasteiger partial charge in [0.2, 0.25) is 5.91 Å². The van der Waals surface area contributed by atoms with Gasteiger partial charge < -0.3 is 10.6 Å². The van der Waals surface area contributed by atoms with E-state index >= 15 is 0 Å². The molecule has 6 heteroatoms. The lowest BCUT2D eigenvalue weighted by molar-refractivity contribution is -0.118. The summed E-state index contributed by atoms with van der Waals surface area (Å²) in [6, 6.07) is 4.96. The molecule has 0 heterocycles. The average molecular weight is 298 g/mol. The molecule has 0 radical (unpaired) electrons. The Hall–Kier alpha value is -1.75. The van der Waals surface area contributed by atoms with E-state index in [4.69, 9.17) is 11.6 Å². The number of hydrogen-bond acceptors (Lipinski definition) is 3. The summed E-state index contributed by atoms with van der Waals surface area (Å²) in [5.74, 6) is -0.427. The number of carbonyl (C=O) groups is 2. The van der Waals surface area contributed by atoms with Crippen LogP contribution < -0.4 is 16.0 Å². The summed E-state index contributed by atoms with van der Waals surface area (Å²) in [4.78, 5) is 23.1. The van der Waals surface area contributed by atoms with Gasteiger partial charge >= 0.3 is 6.03 Å². The Morgan fingerprint density at radius 2 is 1.90 bits per heavy atom. The fourth-order valence-corrected chi connectivity index (χ4v) is 1.78. The molecule has 1 aromatic rings. The molecule has 1 rings (SSSR count). The number of benzene rings is 1. The molecular weight excluding hydrogens is 278 g/mol. The van der Waals surface area contributed by atoms with Crippen LogP contribution in [0.4, 0.5) is 10.5 Å². The van der Waals surface area contributed by atoms with Gasteiger partial charge in [-0.25, -0.2) is 4.79 Å². The van der Waals surface area contributed by atoms with Gasteiger partial charge in [0, 0.05) is 5.54 Å². The van der Waals surface area contributed by atoms with Crippen molar-refractivity contribution < 1.29 is 9.59 Å². The van der Waals surface area contributed by atoms with Crippen molar-refractivity contribution in [1.29, 1.82) is 0 Å². The van der Waals surface area contributed by atoms with Gasteiger partial charge in [-0.2, -0.15) is 0 Å². The second-order valence-electron chi connectivity index (χ2n) is 5.59. The van der Waals surface area contributed by atoms with E-state index in [2.05, 4.69) is 16.0 Å². The van der Waals surface area contributed by atoms with Gasteiger partial charge in [0.1, 0.15) is 0 Å². The quantitative estimate of drug-likeness (QED) is 0.803. The number of anilines is 1. The van der Waals surface area contributed by atoms with Crippen molar-refractivity contribution >= 4 is 29.2 Å². The maximum Gasteiger partial charge on any atom is 0.321 e. The number of halogens is 1. The summed E-state index contributed by atoms with van der Waals surface area (Å²) >= 11 is 6.03. The first-order valence-corrected chi connectivity index (χ1v) is 6.67. The number of rotatable bonds is 3. The van der Waals surface area contributed by atoms with Gasteiger partial charge in [0.05, 0.1) is 17.3 Å². The van der Waals surface area contributed by atoms with Gasteiger partial charge in [-0.3, -0.25) is 10.1 Å². The lowest BCUT2D eigenvalue weighted by atomic mass is 10.1. The summed E-state index contributed by atoms with van der Waals surface area (Å²) in [5.41, 5.74) is 1.30. The second-order valence-corrected chi connectivity index (χ2v) is 6.00. The van der Waals surface area contributed by atoms with Crippen molar-refractivity contribution in [3.63, 3.8) is 0 Å². The number of urea groups is 1. The van der Waals surface area contributed by atoms with Crippen LogP contribution in [0.2, 0.25) is 5.02 Å². The molecule has 1 aromatic carbocycles. The first kappa shape index (κ1) is 16.3. The molecule has 0 bridgehead atoms. The Kier molecular flexibility index (Phi) is 5.39. The highest BCUT2D eigenvalue weighted by Crippen LogP contribution is 2.22. The van der Waals surface area contributed by atoms with Crippen LogP contribution in [-0.4, -0.2) is 24.0 Å². The zero-order valence-corrected chi connectivity index (χ0v) is 12.9. The number of carbonyl (C=O) groups excluding carboxylic acids is 2. The molecule has 110 valence electrons. The molecule has 0 aliphatic rings. The Morgan fingerprint density at radius 1 is 1.25 bits per heavy atom. The van der Waals surface area contributed by atoms with E-state index in [1.54, 1.807) is 12.1 Å². The maximum atomic E-state index is 11.6. The highest BCUT2D eigenvalue weighted by atomic mass is 35.5. The zero-order valence-electron chi connectivity index (χ0n) is 12.1. The number of amides is 3. The predicted octanol–water partition coefficient (Wildman–Crippen LogP) is 2.68. The summed E-state index contributed by atoms with van der Waals surface area (Å²) in [6.07, 6.45) is 0. The number of hydrogen-bond donors (Lipinski definition) is 3. The Bertz CT molecular complexity index is 510. The minimum absolute atomic E-state index is 0.0274. The minimum Gasteiger partial charge on any atom is -0.375 e. The molecular formula is C14H20ClN3O2. The highest BCUT2D eigenvalue weighted by Gasteiger charge is 2.15. The Balaban J connectivity index is 2.46. The van der Waals surface area contributed by atoms with Crippen LogP contribution in [0.3, 0.4) is 0 Å². The number of nitrogens with one attached hydrogen (secondary N) is 3. The Labute approximate surface area is 124 Å². The second kappa shape index (κ2) is 6.61. The van der Waals surface area contributed by atoms with Crippen molar-refractivity contribution in [2.45, 2.75) is 33.2 Å². The minimum atomic E-state index is -0.515. The normalized spacial score (nSPS) is 10.8. The molecule has 5 nitrogen and oxygen atoms in total. The fraction of sp³-hybridized carbons (Fsp3) is 0.429. The van der Waals surface area contributed by atoms with Gasteiger partial charge in [-0.05, 0) is 45.4 Å². The molecule has 20 heavy (non-hydrogen) atoms. The van der Waals surface area contributed by atoms with E-state index in [1.165, 1.54) is 0 Å². The summed E-state index contributed by atoms with van der Waals surface area (Å²) in [5, 5.41) is 8.31. The molecule has 0 saturated carbocycles. The van der Waals surface area contributed by atoms with Gasteiger partial charge in [0.15, 0.2) is 0 Å². The van der Waals surface area contributed by atoms with Crippen molar-refractivity contribution in [3.8, 4) is 0 Å². The van der Waals surface area contributed by atoms with Crippen molar-refractivity contribution in [3.05, 3.63) is 28.8 Å². The molecule has 0 unspecified atom stereocenters. The predicted molar refractivity (Wildman–Crippen MR) is 81.1 cm³/mol. The smallest absolute Gasteiger partial charge is 0.321 e. The standard InChI is InChI=1S/C14H20ClN3O2/c1-9-5-6-11(10(15)7-9)16-8-12(19)17-13(20)18-14(2,3)4/h5-7,16H,8H2,1-4H3,(H2,17,18,19,20). The molecule has 0 saturated heterocycles. The molecule has 3 amide bonds. The topological polar surface area (TPSA) is 70.2 Å². The third-order valence-corrected chi connectivity index (χ3v) is 2.62. The van der Waals surface area contributed by atoms with Crippen molar-refractivity contribution in [1.82, 2.24) is 10.6 Å². The summed E-state index contributed by atoms with van der Waals surface area (Å²) < 4.78 is 0. The lowest BCUT2D eigenvalue weighted by Gasteiger charge is -2.20. The van der Waals surface area contributed by atoms with Crippen LogP contribution >= 0.6 is 11.6 Å². The van der Waals surface area contributed by atoms with Crippen LogP contribution in [0.25, 0.3) is 0 Å². The van der Waals surface area contributed by atoms with Crippen molar-refractivity contribution in [2.75, 3.05) is 11.9 Å². The van der Waals surface area contributed by atoms with E-state index < -0.39 is 17.5 Å². The first-order chi connectivity index (χ1) is 9.17. The summed E-state index contributed by atoms with van der Waals surface area (Å²) in [7, 11) is 0.